The monoisotopic (exact) mass is 424 g/mol. The lowest BCUT2D eigenvalue weighted by Gasteiger charge is -2.06. The van der Waals surface area contributed by atoms with Crippen LogP contribution in [-0.4, -0.2) is 27.2 Å². The number of nitro benzene ring substituents is 1. The van der Waals surface area contributed by atoms with Crippen LogP contribution in [0.2, 0.25) is 0 Å². The molecule has 0 bridgehead atoms. The third-order valence-corrected chi connectivity index (χ3v) is 6.26. The molecule has 0 amide bonds. The predicted octanol–water partition coefficient (Wildman–Crippen LogP) is 5.27. The first-order valence-corrected chi connectivity index (χ1v) is 10.5. The molecule has 0 N–H and O–H groups in total. The van der Waals surface area contributed by atoms with Crippen LogP contribution in [0, 0.1) is 17.0 Å². The Morgan fingerprint density at radius 2 is 1.97 bits per heavy atom. The summed E-state index contributed by atoms with van der Waals surface area (Å²) in [5.74, 6) is 1.38. The standard InChI is InChI=1S/C20H16N4O3S2/c1-12-21-18-19(29-12)17(14-4-3-5-16(10-14)27-2)22-23-20(18)28-11-13-6-8-15(9-7-13)24(25)26/h3-10H,11H2,1-2H3. The third kappa shape index (κ3) is 4.06. The highest BCUT2D eigenvalue weighted by atomic mass is 32.2. The Hall–Kier alpha value is -3.04. The molecule has 0 fully saturated rings. The van der Waals surface area contributed by atoms with E-state index in [1.165, 1.54) is 23.9 Å². The lowest BCUT2D eigenvalue weighted by atomic mass is 10.1. The molecule has 0 saturated carbocycles. The molecule has 29 heavy (non-hydrogen) atoms. The van der Waals surface area contributed by atoms with Crippen LogP contribution in [0.4, 0.5) is 5.69 Å². The van der Waals surface area contributed by atoms with Gasteiger partial charge in [-0.25, -0.2) is 4.98 Å². The van der Waals surface area contributed by atoms with Gasteiger partial charge in [-0.1, -0.05) is 36.0 Å². The Kier molecular flexibility index (Phi) is 5.41. The van der Waals surface area contributed by atoms with Gasteiger partial charge in [0.25, 0.3) is 5.69 Å². The van der Waals surface area contributed by atoms with E-state index in [-0.39, 0.29) is 5.69 Å². The molecule has 0 saturated heterocycles. The smallest absolute Gasteiger partial charge is 0.269 e. The van der Waals surface area contributed by atoms with Crippen molar-refractivity contribution in [3.63, 3.8) is 0 Å². The summed E-state index contributed by atoms with van der Waals surface area (Å²) in [7, 11) is 1.63. The molecule has 146 valence electrons. The highest BCUT2D eigenvalue weighted by molar-refractivity contribution is 7.98. The fraction of sp³-hybridized carbons (Fsp3) is 0.150. The maximum Gasteiger partial charge on any atom is 0.269 e. The summed E-state index contributed by atoms with van der Waals surface area (Å²) in [6.45, 7) is 1.96. The Labute approximate surface area is 174 Å². The van der Waals surface area contributed by atoms with Crippen molar-refractivity contribution in [2.45, 2.75) is 17.7 Å². The van der Waals surface area contributed by atoms with Gasteiger partial charge in [0.15, 0.2) is 0 Å². The average Bonchev–Trinajstić information content (AvgIpc) is 3.13. The Bertz CT molecular complexity index is 1190. The number of methoxy groups -OCH3 is 1. The van der Waals surface area contributed by atoms with Gasteiger partial charge in [0.2, 0.25) is 0 Å². The SMILES string of the molecule is COc1cccc(-c2nnc(SCc3ccc([N+](=O)[O-])cc3)c3nc(C)sc23)c1. The first kappa shape index (κ1) is 19.3. The van der Waals surface area contributed by atoms with E-state index >= 15 is 0 Å². The minimum absolute atomic E-state index is 0.0821. The molecular weight excluding hydrogens is 408 g/mol. The largest absolute Gasteiger partial charge is 0.497 e. The van der Waals surface area contributed by atoms with Crippen molar-refractivity contribution >= 4 is 39.0 Å². The number of fused-ring (bicyclic) bond motifs is 1. The number of aryl methyl sites for hydroxylation is 1. The normalized spacial score (nSPS) is 11.0. The Morgan fingerprint density at radius 1 is 1.17 bits per heavy atom. The second kappa shape index (κ2) is 8.14. The van der Waals surface area contributed by atoms with E-state index in [1.807, 2.05) is 31.2 Å². The van der Waals surface area contributed by atoms with Crippen LogP contribution >= 0.6 is 23.1 Å². The molecule has 0 atom stereocenters. The number of thioether (sulfide) groups is 1. The lowest BCUT2D eigenvalue weighted by molar-refractivity contribution is -0.384. The molecule has 0 aliphatic rings. The predicted molar refractivity (Wildman–Crippen MR) is 115 cm³/mol. The maximum absolute atomic E-state index is 10.8. The van der Waals surface area contributed by atoms with E-state index in [0.717, 1.165) is 42.8 Å². The van der Waals surface area contributed by atoms with Crippen molar-refractivity contribution in [2.75, 3.05) is 7.11 Å². The van der Waals surface area contributed by atoms with Gasteiger partial charge in [0.1, 0.15) is 22.0 Å². The van der Waals surface area contributed by atoms with E-state index in [9.17, 15) is 10.1 Å². The summed E-state index contributed by atoms with van der Waals surface area (Å²) in [5.41, 5.74) is 3.59. The molecule has 0 spiro atoms. The number of ether oxygens (including phenoxy) is 1. The molecule has 7 nitrogen and oxygen atoms in total. The zero-order chi connectivity index (χ0) is 20.4. The summed E-state index contributed by atoms with van der Waals surface area (Å²) in [6.07, 6.45) is 0. The summed E-state index contributed by atoms with van der Waals surface area (Å²) < 4.78 is 6.30. The lowest BCUT2D eigenvalue weighted by Crippen LogP contribution is -1.94. The Balaban J connectivity index is 1.65. The first-order valence-electron chi connectivity index (χ1n) is 8.69. The molecular formula is C20H16N4O3S2. The second-order valence-electron chi connectivity index (χ2n) is 6.21. The van der Waals surface area contributed by atoms with Crippen LogP contribution in [0.25, 0.3) is 21.5 Å². The number of nitro groups is 1. The van der Waals surface area contributed by atoms with Gasteiger partial charge in [0, 0.05) is 23.4 Å². The van der Waals surface area contributed by atoms with Crippen LogP contribution in [-0.2, 0) is 5.75 Å². The minimum Gasteiger partial charge on any atom is -0.497 e. The quantitative estimate of drug-likeness (QED) is 0.236. The number of rotatable bonds is 6. The number of hydrogen-bond donors (Lipinski definition) is 0. The topological polar surface area (TPSA) is 91.0 Å². The van der Waals surface area contributed by atoms with Gasteiger partial charge in [-0.2, -0.15) is 0 Å². The highest BCUT2D eigenvalue weighted by Crippen LogP contribution is 2.37. The summed E-state index contributed by atoms with van der Waals surface area (Å²) in [5, 5.41) is 21.4. The van der Waals surface area contributed by atoms with Gasteiger partial charge in [-0.3, -0.25) is 10.1 Å². The van der Waals surface area contributed by atoms with E-state index in [0.29, 0.717) is 5.75 Å². The fourth-order valence-electron chi connectivity index (χ4n) is 2.84. The van der Waals surface area contributed by atoms with Gasteiger partial charge in [0.05, 0.1) is 21.7 Å². The number of nitrogens with zero attached hydrogens (tertiary/aromatic N) is 4. The van der Waals surface area contributed by atoms with E-state index in [4.69, 9.17) is 4.74 Å². The Morgan fingerprint density at radius 3 is 2.69 bits per heavy atom. The molecule has 2 aromatic heterocycles. The number of non-ortho nitro benzene ring substituents is 1. The van der Waals surface area contributed by atoms with Gasteiger partial charge in [-0.05, 0) is 24.6 Å². The fourth-order valence-corrected chi connectivity index (χ4v) is 4.71. The molecule has 4 rings (SSSR count). The third-order valence-electron chi connectivity index (χ3n) is 4.26. The van der Waals surface area contributed by atoms with Crippen molar-refractivity contribution < 1.29 is 9.66 Å². The van der Waals surface area contributed by atoms with E-state index < -0.39 is 4.92 Å². The maximum atomic E-state index is 10.8. The molecule has 9 heteroatoms. The zero-order valence-corrected chi connectivity index (χ0v) is 17.3. The average molecular weight is 425 g/mol. The van der Waals surface area contributed by atoms with Crippen molar-refractivity contribution in [3.05, 3.63) is 69.2 Å². The van der Waals surface area contributed by atoms with Crippen LogP contribution in [0.3, 0.4) is 0 Å². The van der Waals surface area contributed by atoms with Crippen molar-refractivity contribution in [3.8, 4) is 17.0 Å². The van der Waals surface area contributed by atoms with Crippen molar-refractivity contribution in [2.24, 2.45) is 0 Å². The van der Waals surface area contributed by atoms with Crippen LogP contribution < -0.4 is 4.74 Å². The summed E-state index contributed by atoms with van der Waals surface area (Å²) in [4.78, 5) is 15.1. The molecule has 0 radical (unpaired) electrons. The number of benzene rings is 2. The summed E-state index contributed by atoms with van der Waals surface area (Å²) in [6, 6.07) is 14.3. The molecule has 0 unspecified atom stereocenters. The second-order valence-corrected chi connectivity index (χ2v) is 8.38. The van der Waals surface area contributed by atoms with Crippen LogP contribution in [0.1, 0.15) is 10.6 Å². The zero-order valence-electron chi connectivity index (χ0n) is 15.7. The molecule has 4 aromatic rings. The molecule has 0 aliphatic heterocycles. The molecule has 2 aromatic carbocycles. The van der Waals surface area contributed by atoms with E-state index in [1.54, 1.807) is 30.6 Å². The molecule has 2 heterocycles. The highest BCUT2D eigenvalue weighted by Gasteiger charge is 2.16. The van der Waals surface area contributed by atoms with Crippen molar-refractivity contribution in [1.29, 1.82) is 0 Å². The number of hydrogen-bond acceptors (Lipinski definition) is 8. The number of aromatic nitrogens is 3. The first-order chi connectivity index (χ1) is 14.0. The summed E-state index contributed by atoms with van der Waals surface area (Å²) >= 11 is 3.10. The molecule has 0 aliphatic carbocycles. The van der Waals surface area contributed by atoms with Gasteiger partial charge in [-0.15, -0.1) is 21.5 Å². The van der Waals surface area contributed by atoms with Gasteiger partial charge < -0.3 is 4.74 Å². The minimum atomic E-state index is -0.401. The van der Waals surface area contributed by atoms with Crippen LogP contribution in [0.5, 0.6) is 5.75 Å². The van der Waals surface area contributed by atoms with Gasteiger partial charge >= 0.3 is 0 Å². The van der Waals surface area contributed by atoms with Crippen molar-refractivity contribution in [1.82, 2.24) is 15.2 Å². The van der Waals surface area contributed by atoms with Crippen LogP contribution in [0.15, 0.2) is 53.6 Å². The van der Waals surface area contributed by atoms with E-state index in [2.05, 4.69) is 15.2 Å². The number of thiazole rings is 1.